The van der Waals surface area contributed by atoms with Gasteiger partial charge in [-0.25, -0.2) is 0 Å². The standard InChI is InChI=1S/C19H28N2O4/c20-9-13-24-16-5-3-15(4-6-16)14-18(23)21-10-7-19(8-11-21)17(22)2-1-12-25-19/h3-6,17,22H,1-2,7-14,20H2/t17-/m0/s1. The molecule has 0 bridgehead atoms. The molecule has 2 aliphatic heterocycles. The average Bonchev–Trinajstić information content (AvgIpc) is 2.64. The van der Waals surface area contributed by atoms with Crippen molar-refractivity contribution in [1.82, 2.24) is 4.90 Å². The predicted octanol–water partition coefficient (Wildman–Crippen LogP) is 1.10. The second kappa shape index (κ2) is 8.17. The van der Waals surface area contributed by atoms with Crippen LogP contribution in [0.5, 0.6) is 5.75 Å². The third-order valence-corrected chi connectivity index (χ3v) is 5.25. The zero-order valence-electron chi connectivity index (χ0n) is 14.7. The Hall–Kier alpha value is -1.63. The van der Waals surface area contributed by atoms with Gasteiger partial charge in [0, 0.05) is 26.2 Å². The van der Waals surface area contributed by atoms with Crippen molar-refractivity contribution in [3.63, 3.8) is 0 Å². The number of carbonyl (C=O) groups is 1. The normalized spacial score (nSPS) is 22.8. The summed E-state index contributed by atoms with van der Waals surface area (Å²) in [4.78, 5) is 14.4. The van der Waals surface area contributed by atoms with Crippen molar-refractivity contribution in [2.24, 2.45) is 5.73 Å². The molecule has 2 fully saturated rings. The van der Waals surface area contributed by atoms with Gasteiger partial charge in [-0.2, -0.15) is 0 Å². The van der Waals surface area contributed by atoms with Crippen molar-refractivity contribution in [2.75, 3.05) is 32.8 Å². The van der Waals surface area contributed by atoms with E-state index >= 15 is 0 Å². The molecule has 0 unspecified atom stereocenters. The molecule has 25 heavy (non-hydrogen) atoms. The van der Waals surface area contributed by atoms with E-state index in [0.717, 1.165) is 24.2 Å². The number of ether oxygens (including phenoxy) is 2. The molecule has 3 N–H and O–H groups in total. The largest absolute Gasteiger partial charge is 0.492 e. The molecule has 0 aromatic heterocycles. The molecule has 1 atom stereocenters. The van der Waals surface area contributed by atoms with Gasteiger partial charge in [-0.3, -0.25) is 4.79 Å². The SMILES string of the molecule is NCCOc1ccc(CC(=O)N2CCC3(CC2)OCCC[C@@H]3O)cc1. The van der Waals surface area contributed by atoms with E-state index in [0.29, 0.717) is 52.1 Å². The first-order valence-electron chi connectivity index (χ1n) is 9.14. The van der Waals surface area contributed by atoms with Gasteiger partial charge in [0.1, 0.15) is 12.4 Å². The lowest BCUT2D eigenvalue weighted by atomic mass is 9.82. The van der Waals surface area contributed by atoms with Crippen molar-refractivity contribution in [2.45, 2.75) is 43.8 Å². The summed E-state index contributed by atoms with van der Waals surface area (Å²) in [6.45, 7) is 2.97. The van der Waals surface area contributed by atoms with Crippen LogP contribution < -0.4 is 10.5 Å². The monoisotopic (exact) mass is 348 g/mol. The quantitative estimate of drug-likeness (QED) is 0.832. The van der Waals surface area contributed by atoms with Crippen LogP contribution in [0, 0.1) is 0 Å². The van der Waals surface area contributed by atoms with Crippen LogP contribution in [0.15, 0.2) is 24.3 Å². The zero-order valence-corrected chi connectivity index (χ0v) is 14.7. The number of aliphatic hydroxyl groups excluding tert-OH is 1. The Balaban J connectivity index is 1.51. The topological polar surface area (TPSA) is 85.0 Å². The summed E-state index contributed by atoms with van der Waals surface area (Å²) in [6.07, 6.45) is 3.12. The lowest BCUT2D eigenvalue weighted by Crippen LogP contribution is -2.56. The van der Waals surface area contributed by atoms with Crippen LogP contribution in [0.4, 0.5) is 0 Å². The summed E-state index contributed by atoms with van der Waals surface area (Å²) in [7, 11) is 0. The molecule has 2 heterocycles. The van der Waals surface area contributed by atoms with Crippen LogP contribution in [0.25, 0.3) is 0 Å². The summed E-state index contributed by atoms with van der Waals surface area (Å²) in [5.74, 6) is 0.890. The fourth-order valence-electron chi connectivity index (χ4n) is 3.69. The first-order valence-corrected chi connectivity index (χ1v) is 9.14. The molecule has 2 aliphatic rings. The molecular weight excluding hydrogens is 320 g/mol. The molecule has 1 aromatic rings. The van der Waals surface area contributed by atoms with Gasteiger partial charge in [0.05, 0.1) is 18.1 Å². The third-order valence-electron chi connectivity index (χ3n) is 5.25. The maximum Gasteiger partial charge on any atom is 0.226 e. The van der Waals surface area contributed by atoms with E-state index in [1.54, 1.807) is 0 Å². The van der Waals surface area contributed by atoms with E-state index in [4.69, 9.17) is 15.2 Å². The number of amides is 1. The van der Waals surface area contributed by atoms with Gasteiger partial charge >= 0.3 is 0 Å². The van der Waals surface area contributed by atoms with Crippen LogP contribution >= 0.6 is 0 Å². The number of piperidine rings is 1. The number of nitrogens with two attached hydrogens (primary N) is 1. The van der Waals surface area contributed by atoms with E-state index in [1.165, 1.54) is 0 Å². The van der Waals surface area contributed by atoms with Gasteiger partial charge in [-0.1, -0.05) is 12.1 Å². The molecular formula is C19H28N2O4. The first kappa shape index (κ1) is 18.2. The van der Waals surface area contributed by atoms with E-state index in [-0.39, 0.29) is 5.91 Å². The zero-order chi connectivity index (χ0) is 17.7. The van der Waals surface area contributed by atoms with Crippen molar-refractivity contribution in [1.29, 1.82) is 0 Å². The molecule has 0 aliphatic carbocycles. The van der Waals surface area contributed by atoms with Crippen molar-refractivity contribution < 1.29 is 19.4 Å². The predicted molar refractivity (Wildman–Crippen MR) is 94.4 cm³/mol. The summed E-state index contributed by atoms with van der Waals surface area (Å²) in [6, 6.07) is 7.58. The van der Waals surface area contributed by atoms with Gasteiger partial charge in [0.2, 0.25) is 5.91 Å². The highest BCUT2D eigenvalue weighted by Crippen LogP contribution is 2.35. The Morgan fingerprint density at radius 2 is 2.04 bits per heavy atom. The molecule has 1 amide bonds. The van der Waals surface area contributed by atoms with Gasteiger partial charge in [0.25, 0.3) is 0 Å². The first-order chi connectivity index (χ1) is 12.1. The lowest BCUT2D eigenvalue weighted by Gasteiger charge is -2.46. The Bertz CT molecular complexity index is 567. The molecule has 6 nitrogen and oxygen atoms in total. The highest BCUT2D eigenvalue weighted by atomic mass is 16.5. The number of likely N-dealkylation sites (tertiary alicyclic amines) is 1. The lowest BCUT2D eigenvalue weighted by molar-refractivity contribution is -0.179. The van der Waals surface area contributed by atoms with Crippen LogP contribution in [0.1, 0.15) is 31.2 Å². The summed E-state index contributed by atoms with van der Waals surface area (Å²) in [5, 5.41) is 10.3. The number of hydrogen-bond donors (Lipinski definition) is 2. The van der Waals surface area contributed by atoms with E-state index < -0.39 is 11.7 Å². The Morgan fingerprint density at radius 1 is 1.32 bits per heavy atom. The molecule has 2 saturated heterocycles. The summed E-state index contributed by atoms with van der Waals surface area (Å²) < 4.78 is 11.3. The van der Waals surface area contributed by atoms with Crippen LogP contribution in [0.3, 0.4) is 0 Å². The molecule has 3 rings (SSSR count). The molecule has 1 spiro atoms. The number of nitrogens with zero attached hydrogens (tertiary/aromatic N) is 1. The van der Waals surface area contributed by atoms with Gasteiger partial charge < -0.3 is 25.2 Å². The molecule has 6 heteroatoms. The number of benzene rings is 1. The Kier molecular flexibility index (Phi) is 5.93. The van der Waals surface area contributed by atoms with Crippen LogP contribution in [0.2, 0.25) is 0 Å². The second-order valence-electron chi connectivity index (χ2n) is 6.91. The number of aliphatic hydroxyl groups is 1. The van der Waals surface area contributed by atoms with Gasteiger partial charge in [-0.15, -0.1) is 0 Å². The highest BCUT2D eigenvalue weighted by molar-refractivity contribution is 5.79. The van der Waals surface area contributed by atoms with Gasteiger partial charge in [0.15, 0.2) is 0 Å². The van der Waals surface area contributed by atoms with E-state index in [9.17, 15) is 9.90 Å². The maximum absolute atomic E-state index is 12.6. The van der Waals surface area contributed by atoms with E-state index in [2.05, 4.69) is 0 Å². The Labute approximate surface area is 148 Å². The molecule has 0 radical (unpaired) electrons. The highest BCUT2D eigenvalue weighted by Gasteiger charge is 2.44. The van der Waals surface area contributed by atoms with Crippen molar-refractivity contribution in [3.8, 4) is 5.75 Å². The summed E-state index contributed by atoms with van der Waals surface area (Å²) in [5.41, 5.74) is 5.95. The maximum atomic E-state index is 12.6. The number of carbonyl (C=O) groups excluding carboxylic acids is 1. The molecule has 0 saturated carbocycles. The minimum absolute atomic E-state index is 0.121. The van der Waals surface area contributed by atoms with E-state index in [1.807, 2.05) is 29.2 Å². The third kappa shape index (κ3) is 4.32. The minimum Gasteiger partial charge on any atom is -0.492 e. The fraction of sp³-hybridized carbons (Fsp3) is 0.632. The Morgan fingerprint density at radius 3 is 2.68 bits per heavy atom. The minimum atomic E-state index is -0.434. The van der Waals surface area contributed by atoms with Crippen molar-refractivity contribution >= 4 is 5.91 Å². The average molecular weight is 348 g/mol. The van der Waals surface area contributed by atoms with Crippen LogP contribution in [-0.2, 0) is 16.0 Å². The smallest absolute Gasteiger partial charge is 0.226 e. The summed E-state index contributed by atoms with van der Waals surface area (Å²) >= 11 is 0. The number of rotatable bonds is 5. The fourth-order valence-corrected chi connectivity index (χ4v) is 3.69. The van der Waals surface area contributed by atoms with Crippen LogP contribution in [-0.4, -0.2) is 60.5 Å². The molecule has 138 valence electrons. The second-order valence-corrected chi connectivity index (χ2v) is 6.91. The van der Waals surface area contributed by atoms with Gasteiger partial charge in [-0.05, 0) is 43.4 Å². The number of hydrogen-bond acceptors (Lipinski definition) is 5. The molecule has 1 aromatic carbocycles. The van der Waals surface area contributed by atoms with Crippen molar-refractivity contribution in [3.05, 3.63) is 29.8 Å².